The predicted molar refractivity (Wildman–Crippen MR) is 110 cm³/mol. The van der Waals surface area contributed by atoms with Crippen molar-refractivity contribution in [2.24, 2.45) is 0 Å². The highest BCUT2D eigenvalue weighted by Crippen LogP contribution is 2.45. The van der Waals surface area contributed by atoms with Crippen molar-refractivity contribution in [1.29, 1.82) is 0 Å². The Bertz CT molecular complexity index is 831. The standard InChI is InChI=1S/C20H23ClN2O2S/c1-6-7-23-18(24)17(26-19(23)25)9-13-8-14-12(2)11-20(3,4)22(5)16(14)10-15(13)21/h6,8-10,12H,1,7,11H2,2-5H3/b17-9-/t12-/m1/s1. The number of imide groups is 1. The number of carbonyl (C=O) groups excluding carboxylic acids is 2. The summed E-state index contributed by atoms with van der Waals surface area (Å²) in [6.07, 6.45) is 4.31. The van der Waals surface area contributed by atoms with Gasteiger partial charge in [-0.1, -0.05) is 24.6 Å². The van der Waals surface area contributed by atoms with Gasteiger partial charge >= 0.3 is 0 Å². The number of halogens is 1. The van der Waals surface area contributed by atoms with E-state index in [0.29, 0.717) is 15.8 Å². The second-order valence-corrected chi connectivity index (χ2v) is 8.89. The lowest BCUT2D eigenvalue weighted by Crippen LogP contribution is -2.45. The fourth-order valence-electron chi connectivity index (χ4n) is 3.64. The van der Waals surface area contributed by atoms with Gasteiger partial charge in [0, 0.05) is 29.8 Å². The van der Waals surface area contributed by atoms with Gasteiger partial charge in [0.15, 0.2) is 0 Å². The van der Waals surface area contributed by atoms with Crippen LogP contribution in [-0.4, -0.2) is 35.2 Å². The lowest BCUT2D eigenvalue weighted by Gasteiger charge is -2.45. The number of anilines is 1. The molecule has 1 aromatic carbocycles. The lowest BCUT2D eigenvalue weighted by atomic mass is 9.80. The Balaban J connectivity index is 2.01. The Morgan fingerprint density at radius 3 is 2.73 bits per heavy atom. The topological polar surface area (TPSA) is 40.6 Å². The van der Waals surface area contributed by atoms with Gasteiger partial charge in [0.1, 0.15) is 0 Å². The summed E-state index contributed by atoms with van der Waals surface area (Å²) >= 11 is 7.47. The molecule has 1 aromatic rings. The largest absolute Gasteiger partial charge is 0.369 e. The Morgan fingerprint density at radius 1 is 1.38 bits per heavy atom. The molecule has 3 rings (SSSR count). The van der Waals surface area contributed by atoms with Crippen molar-refractivity contribution < 1.29 is 9.59 Å². The summed E-state index contributed by atoms with van der Waals surface area (Å²) in [6.45, 7) is 10.5. The Kier molecular flexibility index (Phi) is 4.97. The van der Waals surface area contributed by atoms with Crippen LogP contribution in [0.5, 0.6) is 0 Å². The van der Waals surface area contributed by atoms with E-state index in [0.717, 1.165) is 29.4 Å². The van der Waals surface area contributed by atoms with E-state index in [2.05, 4.69) is 45.4 Å². The third-order valence-electron chi connectivity index (χ3n) is 5.22. The zero-order valence-corrected chi connectivity index (χ0v) is 17.1. The van der Waals surface area contributed by atoms with Gasteiger partial charge in [-0.25, -0.2) is 0 Å². The molecule has 0 saturated carbocycles. The maximum atomic E-state index is 12.4. The van der Waals surface area contributed by atoms with Crippen LogP contribution in [0.1, 0.15) is 44.2 Å². The van der Waals surface area contributed by atoms with E-state index in [1.165, 1.54) is 10.5 Å². The second-order valence-electron chi connectivity index (χ2n) is 7.49. The zero-order valence-electron chi connectivity index (χ0n) is 15.5. The SMILES string of the molecule is C=CCN1C(=O)S/C(=C\c2cc3c(cc2Cl)N(C)C(C)(C)C[C@H]3C)C1=O. The van der Waals surface area contributed by atoms with Crippen LogP contribution in [0.15, 0.2) is 29.7 Å². The first-order chi connectivity index (χ1) is 12.2. The molecule has 0 radical (unpaired) electrons. The summed E-state index contributed by atoms with van der Waals surface area (Å²) in [7, 11) is 2.08. The molecule has 1 atom stereocenters. The average Bonchev–Trinajstić information content (AvgIpc) is 2.82. The second kappa shape index (κ2) is 6.78. The molecule has 6 heteroatoms. The minimum absolute atomic E-state index is 0.0601. The van der Waals surface area contributed by atoms with Crippen LogP contribution in [0.4, 0.5) is 10.5 Å². The summed E-state index contributed by atoms with van der Waals surface area (Å²) in [6, 6.07) is 4.02. The molecule has 2 aliphatic rings. The molecule has 4 nitrogen and oxygen atoms in total. The van der Waals surface area contributed by atoms with Crippen molar-refractivity contribution in [2.75, 3.05) is 18.5 Å². The fourth-order valence-corrected chi connectivity index (χ4v) is 4.69. The molecule has 26 heavy (non-hydrogen) atoms. The Hall–Kier alpha value is -1.72. The van der Waals surface area contributed by atoms with Gasteiger partial charge < -0.3 is 4.90 Å². The summed E-state index contributed by atoms with van der Waals surface area (Å²) in [5.41, 5.74) is 3.17. The number of benzene rings is 1. The molecule has 0 aromatic heterocycles. The molecular formula is C20H23ClN2O2S. The van der Waals surface area contributed by atoms with Crippen molar-refractivity contribution in [2.45, 2.75) is 38.6 Å². The third kappa shape index (κ3) is 3.19. The molecule has 0 aliphatic carbocycles. The molecule has 2 amide bonds. The maximum absolute atomic E-state index is 12.4. The molecule has 2 aliphatic heterocycles. The first-order valence-electron chi connectivity index (χ1n) is 8.59. The van der Waals surface area contributed by atoms with Gasteiger partial charge in [-0.3, -0.25) is 14.5 Å². The Labute approximate surface area is 163 Å². The monoisotopic (exact) mass is 390 g/mol. The van der Waals surface area contributed by atoms with E-state index in [1.807, 2.05) is 6.07 Å². The molecule has 138 valence electrons. The van der Waals surface area contributed by atoms with Gasteiger partial charge in [-0.05, 0) is 67.3 Å². The number of fused-ring (bicyclic) bond motifs is 1. The van der Waals surface area contributed by atoms with Crippen molar-refractivity contribution in [3.05, 3.63) is 45.8 Å². The quantitative estimate of drug-likeness (QED) is 0.519. The van der Waals surface area contributed by atoms with Gasteiger partial charge in [-0.15, -0.1) is 6.58 Å². The van der Waals surface area contributed by atoms with E-state index in [4.69, 9.17) is 11.6 Å². The van der Waals surface area contributed by atoms with Gasteiger partial charge in [0.05, 0.1) is 4.91 Å². The molecule has 2 heterocycles. The Morgan fingerprint density at radius 2 is 2.08 bits per heavy atom. The van der Waals surface area contributed by atoms with E-state index in [-0.39, 0.29) is 23.2 Å². The van der Waals surface area contributed by atoms with Crippen LogP contribution < -0.4 is 4.90 Å². The van der Waals surface area contributed by atoms with Crippen molar-refractivity contribution >= 4 is 46.3 Å². The van der Waals surface area contributed by atoms with Gasteiger partial charge in [0.25, 0.3) is 11.1 Å². The van der Waals surface area contributed by atoms with Crippen LogP contribution >= 0.6 is 23.4 Å². The van der Waals surface area contributed by atoms with Crippen LogP contribution in [0, 0.1) is 0 Å². The molecule has 0 unspecified atom stereocenters. The van der Waals surface area contributed by atoms with E-state index >= 15 is 0 Å². The zero-order chi connectivity index (χ0) is 19.2. The predicted octanol–water partition coefficient (Wildman–Crippen LogP) is 5.28. The third-order valence-corrected chi connectivity index (χ3v) is 6.46. The molecule has 0 N–H and O–H groups in total. The first kappa shape index (κ1) is 19.1. The number of amides is 2. The fraction of sp³-hybridized carbons (Fsp3) is 0.400. The highest BCUT2D eigenvalue weighted by molar-refractivity contribution is 8.18. The lowest BCUT2D eigenvalue weighted by molar-refractivity contribution is -0.122. The number of carbonyl (C=O) groups is 2. The molecular weight excluding hydrogens is 368 g/mol. The van der Waals surface area contributed by atoms with Crippen LogP contribution in [0.25, 0.3) is 6.08 Å². The van der Waals surface area contributed by atoms with E-state index in [1.54, 1.807) is 12.2 Å². The minimum atomic E-state index is -0.292. The summed E-state index contributed by atoms with van der Waals surface area (Å²) in [4.78, 5) is 28.3. The van der Waals surface area contributed by atoms with Crippen LogP contribution in [0.2, 0.25) is 5.02 Å². The maximum Gasteiger partial charge on any atom is 0.293 e. The number of thioether (sulfide) groups is 1. The highest BCUT2D eigenvalue weighted by Gasteiger charge is 2.36. The molecule has 0 spiro atoms. The van der Waals surface area contributed by atoms with Crippen molar-refractivity contribution in [1.82, 2.24) is 4.90 Å². The van der Waals surface area contributed by atoms with E-state index < -0.39 is 0 Å². The minimum Gasteiger partial charge on any atom is -0.369 e. The number of rotatable bonds is 3. The van der Waals surface area contributed by atoms with Crippen LogP contribution in [-0.2, 0) is 4.79 Å². The first-order valence-corrected chi connectivity index (χ1v) is 9.78. The van der Waals surface area contributed by atoms with Crippen LogP contribution in [0.3, 0.4) is 0 Å². The highest BCUT2D eigenvalue weighted by atomic mass is 35.5. The average molecular weight is 391 g/mol. The molecule has 1 saturated heterocycles. The summed E-state index contributed by atoms with van der Waals surface area (Å²) in [5.74, 6) is 0.0939. The smallest absolute Gasteiger partial charge is 0.293 e. The number of hydrogen-bond acceptors (Lipinski definition) is 4. The van der Waals surface area contributed by atoms with Gasteiger partial charge in [-0.2, -0.15) is 0 Å². The summed E-state index contributed by atoms with van der Waals surface area (Å²) in [5, 5.41) is 0.307. The number of nitrogens with zero attached hydrogens (tertiary/aromatic N) is 2. The van der Waals surface area contributed by atoms with Crippen molar-refractivity contribution in [3.63, 3.8) is 0 Å². The number of hydrogen-bond donors (Lipinski definition) is 0. The summed E-state index contributed by atoms with van der Waals surface area (Å²) < 4.78 is 0. The van der Waals surface area contributed by atoms with E-state index in [9.17, 15) is 9.59 Å². The molecule has 0 bridgehead atoms. The molecule has 1 fully saturated rings. The van der Waals surface area contributed by atoms with Crippen molar-refractivity contribution in [3.8, 4) is 0 Å². The van der Waals surface area contributed by atoms with Gasteiger partial charge in [0.2, 0.25) is 0 Å². The normalized spacial score (nSPS) is 23.6.